The van der Waals surface area contributed by atoms with Crippen LogP contribution in [0.5, 0.6) is 0 Å². The van der Waals surface area contributed by atoms with Gasteiger partial charge in [-0.25, -0.2) is 0 Å². The molecule has 0 spiro atoms. The molecule has 1 atom stereocenters. The molecule has 0 radical (unpaired) electrons. The summed E-state index contributed by atoms with van der Waals surface area (Å²) in [5.74, 6) is 1.47. The highest BCUT2D eigenvalue weighted by Gasteiger charge is 2.33. The van der Waals surface area contributed by atoms with Crippen LogP contribution in [0.4, 0.5) is 5.69 Å². The van der Waals surface area contributed by atoms with E-state index in [1.165, 1.54) is 0 Å². The normalized spacial score (nSPS) is 16.3. The molecule has 1 aliphatic rings. The number of thioether (sulfide) groups is 1. The summed E-state index contributed by atoms with van der Waals surface area (Å²) in [5, 5.41) is 2.94. The highest BCUT2D eigenvalue weighted by Crippen LogP contribution is 2.39. The Morgan fingerprint density at radius 2 is 1.90 bits per heavy atom. The van der Waals surface area contributed by atoms with Crippen molar-refractivity contribution < 1.29 is 14.0 Å². The van der Waals surface area contributed by atoms with Gasteiger partial charge in [0.2, 0.25) is 5.91 Å². The largest absolute Gasteiger partial charge is 0.467 e. The third-order valence-electron chi connectivity index (χ3n) is 5.16. The quantitative estimate of drug-likeness (QED) is 0.578. The number of nitrogens with one attached hydrogen (secondary N) is 1. The maximum Gasteiger partial charge on any atom is 0.255 e. The smallest absolute Gasteiger partial charge is 0.255 e. The van der Waals surface area contributed by atoms with Crippen LogP contribution in [0.15, 0.2) is 71.3 Å². The molecule has 1 saturated heterocycles. The Morgan fingerprint density at radius 1 is 1.13 bits per heavy atom. The van der Waals surface area contributed by atoms with E-state index in [-0.39, 0.29) is 17.2 Å². The van der Waals surface area contributed by atoms with E-state index in [1.54, 1.807) is 18.0 Å². The van der Waals surface area contributed by atoms with Gasteiger partial charge < -0.3 is 14.6 Å². The number of para-hydroxylation sites is 1. The molecule has 5 nitrogen and oxygen atoms in total. The maximum absolute atomic E-state index is 12.8. The minimum absolute atomic E-state index is 0.0821. The van der Waals surface area contributed by atoms with Crippen LogP contribution >= 0.6 is 11.8 Å². The van der Waals surface area contributed by atoms with E-state index in [0.717, 1.165) is 22.6 Å². The van der Waals surface area contributed by atoms with Gasteiger partial charge in [-0.1, -0.05) is 44.2 Å². The minimum atomic E-state index is -0.141. The Labute approximate surface area is 180 Å². The maximum atomic E-state index is 12.8. The van der Waals surface area contributed by atoms with Gasteiger partial charge >= 0.3 is 0 Å². The van der Waals surface area contributed by atoms with Gasteiger partial charge in [-0.2, -0.15) is 0 Å². The lowest BCUT2D eigenvalue weighted by atomic mass is 10.0. The monoisotopic (exact) mass is 420 g/mol. The zero-order valence-corrected chi connectivity index (χ0v) is 17.8. The lowest BCUT2D eigenvalue weighted by Gasteiger charge is -2.23. The SMILES string of the molecule is CC(C)c1ccccc1NC(=O)c1ccc([C@@H]2SCC(=O)N2Cc2ccco2)cc1. The van der Waals surface area contributed by atoms with Gasteiger partial charge in [0.15, 0.2) is 0 Å². The van der Waals surface area contributed by atoms with E-state index in [2.05, 4.69) is 19.2 Å². The van der Waals surface area contributed by atoms with Gasteiger partial charge in [0, 0.05) is 11.3 Å². The van der Waals surface area contributed by atoms with Crippen LogP contribution in [-0.2, 0) is 11.3 Å². The molecule has 4 rings (SSSR count). The predicted octanol–water partition coefficient (Wildman–Crippen LogP) is 5.43. The Hall–Kier alpha value is -2.99. The fraction of sp³-hybridized carbons (Fsp3) is 0.250. The molecule has 6 heteroatoms. The van der Waals surface area contributed by atoms with Crippen molar-refractivity contribution in [2.75, 3.05) is 11.1 Å². The zero-order valence-electron chi connectivity index (χ0n) is 17.0. The van der Waals surface area contributed by atoms with Crippen molar-refractivity contribution in [3.63, 3.8) is 0 Å². The summed E-state index contributed by atoms with van der Waals surface area (Å²) in [6, 6.07) is 19.0. The molecule has 2 amide bonds. The zero-order chi connectivity index (χ0) is 21.1. The molecule has 1 N–H and O–H groups in total. The van der Waals surface area contributed by atoms with E-state index in [1.807, 2.05) is 65.6 Å². The number of carbonyl (C=O) groups excluding carboxylic acids is 2. The fourth-order valence-corrected chi connectivity index (χ4v) is 4.77. The summed E-state index contributed by atoms with van der Waals surface area (Å²) in [4.78, 5) is 26.9. The van der Waals surface area contributed by atoms with Crippen LogP contribution in [0, 0.1) is 0 Å². The van der Waals surface area contributed by atoms with E-state index < -0.39 is 0 Å². The molecule has 3 aromatic rings. The van der Waals surface area contributed by atoms with Crippen molar-refractivity contribution in [2.45, 2.75) is 31.7 Å². The number of hydrogen-bond donors (Lipinski definition) is 1. The molecule has 2 aromatic carbocycles. The summed E-state index contributed by atoms with van der Waals surface area (Å²) in [6.07, 6.45) is 1.61. The van der Waals surface area contributed by atoms with Gasteiger partial charge in [0.05, 0.1) is 18.6 Å². The van der Waals surface area contributed by atoms with Crippen LogP contribution in [-0.4, -0.2) is 22.5 Å². The van der Waals surface area contributed by atoms with Crippen molar-refractivity contribution in [3.8, 4) is 0 Å². The number of amides is 2. The lowest BCUT2D eigenvalue weighted by Crippen LogP contribution is -2.27. The summed E-state index contributed by atoms with van der Waals surface area (Å²) < 4.78 is 5.41. The molecule has 30 heavy (non-hydrogen) atoms. The second-order valence-electron chi connectivity index (χ2n) is 7.58. The van der Waals surface area contributed by atoms with Crippen molar-refractivity contribution in [2.24, 2.45) is 0 Å². The first-order chi connectivity index (χ1) is 14.5. The molecule has 0 unspecified atom stereocenters. The molecular weight excluding hydrogens is 396 g/mol. The number of anilines is 1. The molecule has 1 aromatic heterocycles. The number of nitrogens with zero attached hydrogens (tertiary/aromatic N) is 1. The number of hydrogen-bond acceptors (Lipinski definition) is 4. The van der Waals surface area contributed by atoms with Crippen LogP contribution < -0.4 is 5.32 Å². The summed E-state index contributed by atoms with van der Waals surface area (Å²) in [5.41, 5.74) is 3.53. The van der Waals surface area contributed by atoms with E-state index >= 15 is 0 Å². The summed E-state index contributed by atoms with van der Waals surface area (Å²) in [6.45, 7) is 4.65. The van der Waals surface area contributed by atoms with Crippen LogP contribution in [0.2, 0.25) is 0 Å². The first kappa shape index (κ1) is 20.3. The Bertz CT molecular complexity index is 1030. The fourth-order valence-electron chi connectivity index (χ4n) is 3.58. The second-order valence-corrected chi connectivity index (χ2v) is 8.65. The molecule has 0 saturated carbocycles. The number of benzene rings is 2. The van der Waals surface area contributed by atoms with Crippen molar-refractivity contribution in [1.82, 2.24) is 4.90 Å². The van der Waals surface area contributed by atoms with Gasteiger partial charge in [0.1, 0.15) is 11.1 Å². The topological polar surface area (TPSA) is 62.6 Å². The van der Waals surface area contributed by atoms with Gasteiger partial charge in [0.25, 0.3) is 5.91 Å². The van der Waals surface area contributed by atoms with Gasteiger partial charge in [-0.05, 0) is 47.4 Å². The highest BCUT2D eigenvalue weighted by atomic mass is 32.2. The Balaban J connectivity index is 1.48. The number of carbonyl (C=O) groups is 2. The molecular formula is C24H24N2O3S. The molecule has 1 fully saturated rings. The average molecular weight is 421 g/mol. The van der Waals surface area contributed by atoms with Crippen molar-refractivity contribution in [1.29, 1.82) is 0 Å². The van der Waals surface area contributed by atoms with E-state index in [9.17, 15) is 9.59 Å². The lowest BCUT2D eigenvalue weighted by molar-refractivity contribution is -0.128. The number of rotatable bonds is 6. The molecule has 154 valence electrons. The second kappa shape index (κ2) is 8.79. The predicted molar refractivity (Wildman–Crippen MR) is 119 cm³/mol. The first-order valence-corrected chi connectivity index (χ1v) is 11.0. The standard InChI is InChI=1S/C24H24N2O3S/c1-16(2)20-7-3-4-8-21(20)25-23(28)17-9-11-18(12-10-17)24-26(22(27)15-30-24)14-19-6-5-13-29-19/h3-13,16,24H,14-15H2,1-2H3,(H,25,28)/t24-/m0/s1. The van der Waals surface area contributed by atoms with E-state index in [4.69, 9.17) is 4.42 Å². The highest BCUT2D eigenvalue weighted by molar-refractivity contribution is 8.00. The van der Waals surface area contributed by atoms with Crippen molar-refractivity contribution >= 4 is 29.3 Å². The van der Waals surface area contributed by atoms with Crippen LogP contribution in [0.25, 0.3) is 0 Å². The third-order valence-corrected chi connectivity index (χ3v) is 6.42. The molecule has 0 bridgehead atoms. The Kier molecular flexibility index (Phi) is 5.95. The van der Waals surface area contributed by atoms with E-state index in [0.29, 0.717) is 23.8 Å². The van der Waals surface area contributed by atoms with Gasteiger partial charge in [-0.3, -0.25) is 9.59 Å². The summed E-state index contributed by atoms with van der Waals surface area (Å²) in [7, 11) is 0. The van der Waals surface area contributed by atoms with Crippen molar-refractivity contribution in [3.05, 3.63) is 89.4 Å². The van der Waals surface area contributed by atoms with Crippen LogP contribution in [0.1, 0.15) is 52.4 Å². The minimum Gasteiger partial charge on any atom is -0.467 e. The van der Waals surface area contributed by atoms with Gasteiger partial charge in [-0.15, -0.1) is 11.8 Å². The number of furan rings is 1. The average Bonchev–Trinajstić information content (AvgIpc) is 3.39. The molecule has 0 aliphatic carbocycles. The van der Waals surface area contributed by atoms with Crippen LogP contribution in [0.3, 0.4) is 0 Å². The molecule has 2 heterocycles. The Morgan fingerprint density at radius 3 is 2.60 bits per heavy atom. The first-order valence-electron chi connectivity index (χ1n) is 9.96. The molecule has 1 aliphatic heterocycles. The third kappa shape index (κ3) is 4.28. The summed E-state index contributed by atoms with van der Waals surface area (Å²) >= 11 is 1.59.